The van der Waals surface area contributed by atoms with E-state index in [2.05, 4.69) is 4.74 Å². The van der Waals surface area contributed by atoms with Crippen LogP contribution in [-0.4, -0.2) is 30.3 Å². The highest BCUT2D eigenvalue weighted by atomic mass is 19.4. The number of carbonyl (C=O) groups excluding carboxylic acids is 1. The number of carbonyl (C=O) groups is 1. The number of rotatable bonds is 8. The third-order valence-electron chi connectivity index (χ3n) is 3.25. The van der Waals surface area contributed by atoms with Gasteiger partial charge in [0.15, 0.2) is 12.4 Å². The van der Waals surface area contributed by atoms with Crippen LogP contribution in [0.5, 0.6) is 5.75 Å². The fourth-order valence-corrected chi connectivity index (χ4v) is 2.26. The number of hydrogen-bond acceptors (Lipinski definition) is 5. The van der Waals surface area contributed by atoms with Crippen LogP contribution in [0.1, 0.15) is 38.7 Å². The van der Waals surface area contributed by atoms with Gasteiger partial charge in [0.25, 0.3) is 0 Å². The maximum absolute atomic E-state index is 12.4. The maximum Gasteiger partial charge on any atom is 0.422 e. The molecule has 1 atom stereocenters. The molecule has 0 amide bonds. The molecular formula is C16H20F3NO5. The molecule has 140 valence electrons. The van der Waals surface area contributed by atoms with Crippen LogP contribution < -0.4 is 4.74 Å². The van der Waals surface area contributed by atoms with Crippen LogP contribution in [0.2, 0.25) is 0 Å². The number of benzene rings is 1. The quantitative estimate of drug-likeness (QED) is 0.392. The van der Waals surface area contributed by atoms with Gasteiger partial charge in [-0.05, 0) is 30.9 Å². The summed E-state index contributed by atoms with van der Waals surface area (Å²) < 4.78 is 46.7. The number of halogens is 3. The molecule has 0 aromatic heterocycles. The second-order valence-corrected chi connectivity index (χ2v) is 5.82. The van der Waals surface area contributed by atoms with Gasteiger partial charge in [-0.15, -0.1) is 0 Å². The molecule has 0 aliphatic carbocycles. The zero-order chi connectivity index (χ0) is 19.2. The van der Waals surface area contributed by atoms with Gasteiger partial charge in [-0.3, -0.25) is 14.9 Å². The molecule has 0 bridgehead atoms. The smallest absolute Gasteiger partial charge is 0.422 e. The van der Waals surface area contributed by atoms with Gasteiger partial charge in [-0.25, -0.2) is 0 Å². The first kappa shape index (κ1) is 20.7. The van der Waals surface area contributed by atoms with Crippen LogP contribution in [-0.2, 0) is 9.53 Å². The number of alkyl halides is 3. The van der Waals surface area contributed by atoms with E-state index in [1.165, 1.54) is 6.07 Å². The molecule has 0 aliphatic heterocycles. The lowest BCUT2D eigenvalue weighted by molar-refractivity contribution is -0.386. The summed E-state index contributed by atoms with van der Waals surface area (Å²) in [5.41, 5.74) is -0.282. The molecule has 0 heterocycles. The number of nitro benzene ring substituents is 1. The third-order valence-corrected chi connectivity index (χ3v) is 3.25. The summed E-state index contributed by atoms with van der Waals surface area (Å²) in [5, 5.41) is 11.0. The second kappa shape index (κ2) is 8.68. The molecule has 1 unspecified atom stereocenters. The van der Waals surface area contributed by atoms with Crippen molar-refractivity contribution >= 4 is 11.7 Å². The minimum atomic E-state index is -4.64. The van der Waals surface area contributed by atoms with E-state index in [0.717, 1.165) is 12.1 Å². The van der Waals surface area contributed by atoms with Crippen molar-refractivity contribution in [3.63, 3.8) is 0 Å². The van der Waals surface area contributed by atoms with Crippen LogP contribution >= 0.6 is 0 Å². The van der Waals surface area contributed by atoms with Crippen molar-refractivity contribution in [1.29, 1.82) is 0 Å². The van der Waals surface area contributed by atoms with Gasteiger partial charge in [0.05, 0.1) is 17.4 Å². The molecule has 0 saturated carbocycles. The van der Waals surface area contributed by atoms with Gasteiger partial charge in [0.2, 0.25) is 0 Å². The Labute approximate surface area is 143 Å². The third kappa shape index (κ3) is 6.60. The molecule has 0 aliphatic rings. The molecule has 0 radical (unpaired) electrons. The Hall–Kier alpha value is -2.32. The normalized spacial score (nSPS) is 12.8. The van der Waals surface area contributed by atoms with Crippen molar-refractivity contribution in [2.45, 2.75) is 39.3 Å². The Kier molecular flexibility index (Phi) is 7.20. The summed E-state index contributed by atoms with van der Waals surface area (Å²) in [6.45, 7) is 3.87. The number of esters is 1. The van der Waals surface area contributed by atoms with Gasteiger partial charge < -0.3 is 9.47 Å². The summed E-state index contributed by atoms with van der Waals surface area (Å²) in [4.78, 5) is 22.3. The summed E-state index contributed by atoms with van der Waals surface area (Å²) >= 11 is 0. The van der Waals surface area contributed by atoms with E-state index >= 15 is 0 Å². The maximum atomic E-state index is 12.4. The number of hydrogen-bond donors (Lipinski definition) is 0. The van der Waals surface area contributed by atoms with E-state index in [0.29, 0.717) is 12.0 Å². The fourth-order valence-electron chi connectivity index (χ4n) is 2.26. The molecule has 1 aromatic carbocycles. The predicted octanol–water partition coefficient (Wildman–Crippen LogP) is 4.23. The van der Waals surface area contributed by atoms with Gasteiger partial charge >= 0.3 is 17.8 Å². The van der Waals surface area contributed by atoms with Gasteiger partial charge in [0.1, 0.15) is 0 Å². The minimum absolute atomic E-state index is 0.101. The lowest BCUT2D eigenvalue weighted by Gasteiger charge is -2.19. The Balaban J connectivity index is 3.23. The van der Waals surface area contributed by atoms with Crippen molar-refractivity contribution in [1.82, 2.24) is 0 Å². The highest BCUT2D eigenvalue weighted by molar-refractivity contribution is 5.78. The summed E-state index contributed by atoms with van der Waals surface area (Å²) in [7, 11) is 0. The van der Waals surface area contributed by atoms with Gasteiger partial charge in [-0.1, -0.05) is 19.9 Å². The first-order chi connectivity index (χ1) is 11.5. The minimum Gasteiger partial charge on any atom is -0.477 e. The van der Waals surface area contributed by atoms with Crippen molar-refractivity contribution in [2.75, 3.05) is 13.2 Å². The van der Waals surface area contributed by atoms with E-state index in [1.807, 2.05) is 13.8 Å². The Bertz CT molecular complexity index is 616. The molecule has 1 rings (SSSR count). The highest BCUT2D eigenvalue weighted by Gasteiger charge is 2.31. The van der Waals surface area contributed by atoms with Gasteiger partial charge in [-0.2, -0.15) is 13.2 Å². The lowest BCUT2D eigenvalue weighted by atomic mass is 9.90. The first-order valence-electron chi connectivity index (χ1n) is 7.69. The van der Waals surface area contributed by atoms with Crippen molar-refractivity contribution < 1.29 is 32.4 Å². The Morgan fingerprint density at radius 2 is 1.96 bits per heavy atom. The van der Waals surface area contributed by atoms with Crippen molar-refractivity contribution in [3.05, 3.63) is 33.9 Å². The highest BCUT2D eigenvalue weighted by Crippen LogP contribution is 2.34. The van der Waals surface area contributed by atoms with E-state index in [1.54, 1.807) is 6.92 Å². The molecule has 0 fully saturated rings. The van der Waals surface area contributed by atoms with Gasteiger partial charge in [0, 0.05) is 6.07 Å². The molecule has 25 heavy (non-hydrogen) atoms. The van der Waals surface area contributed by atoms with Crippen LogP contribution in [0.15, 0.2) is 18.2 Å². The van der Waals surface area contributed by atoms with Crippen LogP contribution in [0.4, 0.5) is 18.9 Å². The standard InChI is InChI=1S/C16H20F3NO5/c1-4-24-15(21)12(7-10(2)3)11-5-6-13(20(22)23)14(8-11)25-9-16(17,18)19/h5-6,8,10,12H,4,7,9H2,1-3H3. The Morgan fingerprint density at radius 3 is 2.44 bits per heavy atom. The van der Waals surface area contributed by atoms with Crippen molar-refractivity contribution in [2.24, 2.45) is 5.92 Å². The molecule has 0 spiro atoms. The number of nitrogens with zero attached hydrogens (tertiary/aromatic N) is 1. The molecular weight excluding hydrogens is 343 g/mol. The lowest BCUT2D eigenvalue weighted by Crippen LogP contribution is -2.20. The average molecular weight is 363 g/mol. The first-order valence-corrected chi connectivity index (χ1v) is 7.69. The fraction of sp³-hybridized carbons (Fsp3) is 0.562. The predicted molar refractivity (Wildman–Crippen MR) is 83.5 cm³/mol. The monoisotopic (exact) mass is 363 g/mol. The average Bonchev–Trinajstić information content (AvgIpc) is 2.49. The zero-order valence-corrected chi connectivity index (χ0v) is 14.1. The summed E-state index contributed by atoms with van der Waals surface area (Å²) in [6, 6.07) is 3.48. The molecule has 9 heteroatoms. The zero-order valence-electron chi connectivity index (χ0n) is 14.1. The second-order valence-electron chi connectivity index (χ2n) is 5.82. The molecule has 6 nitrogen and oxygen atoms in total. The summed E-state index contributed by atoms with van der Waals surface area (Å²) in [6.07, 6.45) is -4.25. The Morgan fingerprint density at radius 1 is 1.32 bits per heavy atom. The van der Waals surface area contributed by atoms with E-state index < -0.39 is 41.0 Å². The SMILES string of the molecule is CCOC(=O)C(CC(C)C)c1ccc([N+](=O)[O-])c(OCC(F)(F)F)c1. The van der Waals surface area contributed by atoms with Crippen LogP contribution in [0.25, 0.3) is 0 Å². The molecule has 1 aromatic rings. The van der Waals surface area contributed by atoms with E-state index in [4.69, 9.17) is 4.74 Å². The van der Waals surface area contributed by atoms with Crippen LogP contribution in [0.3, 0.4) is 0 Å². The van der Waals surface area contributed by atoms with Crippen molar-refractivity contribution in [3.8, 4) is 5.75 Å². The van der Waals surface area contributed by atoms with E-state index in [9.17, 15) is 28.1 Å². The molecule has 0 N–H and O–H groups in total. The molecule has 0 saturated heterocycles. The van der Waals surface area contributed by atoms with Crippen LogP contribution in [0, 0.1) is 16.0 Å². The summed E-state index contributed by atoms with van der Waals surface area (Å²) in [5.74, 6) is -1.71. The number of ether oxygens (including phenoxy) is 2. The topological polar surface area (TPSA) is 78.7 Å². The largest absolute Gasteiger partial charge is 0.477 e. The van der Waals surface area contributed by atoms with E-state index in [-0.39, 0.29) is 12.5 Å². The number of nitro groups is 1.